The third-order valence-corrected chi connectivity index (χ3v) is 5.93. The molecule has 0 saturated carbocycles. The predicted octanol–water partition coefficient (Wildman–Crippen LogP) is 5.55. The van der Waals surface area contributed by atoms with Crippen molar-refractivity contribution >= 4 is 22.9 Å². The minimum atomic E-state index is 0.461. The van der Waals surface area contributed by atoms with Crippen molar-refractivity contribution in [1.29, 1.82) is 0 Å². The summed E-state index contributed by atoms with van der Waals surface area (Å²) in [5.74, 6) is 0.461. The molecule has 0 N–H and O–H groups in total. The molecule has 23 heavy (non-hydrogen) atoms. The zero-order valence-corrected chi connectivity index (χ0v) is 14.4. The number of nitrogens with zero attached hydrogens (tertiary/aromatic N) is 1. The predicted molar refractivity (Wildman–Crippen MR) is 98.2 cm³/mol. The summed E-state index contributed by atoms with van der Waals surface area (Å²) in [6.07, 6.45) is 0. The quantitative estimate of drug-likeness (QED) is 0.604. The minimum Gasteiger partial charge on any atom is -0.294 e. The molecule has 1 aliphatic rings. The van der Waals surface area contributed by atoms with Gasteiger partial charge in [0, 0.05) is 35.5 Å². The Hall–Kier alpha value is -1.61. The second kappa shape index (κ2) is 6.48. The maximum atomic E-state index is 6.35. The van der Waals surface area contributed by atoms with Crippen LogP contribution < -0.4 is 0 Å². The number of hydrogen-bond acceptors (Lipinski definition) is 2. The lowest BCUT2D eigenvalue weighted by molar-refractivity contribution is 0.234. The third-order valence-electron chi connectivity index (χ3n) is 4.49. The molecule has 0 aliphatic carbocycles. The van der Waals surface area contributed by atoms with Crippen molar-refractivity contribution in [2.24, 2.45) is 0 Å². The van der Waals surface area contributed by atoms with Crippen molar-refractivity contribution in [2.45, 2.75) is 19.0 Å². The van der Waals surface area contributed by atoms with E-state index in [1.54, 1.807) is 0 Å². The Labute approximate surface area is 146 Å². The van der Waals surface area contributed by atoms with Crippen molar-refractivity contribution in [3.8, 4) is 0 Å². The average Bonchev–Trinajstić information content (AvgIpc) is 3.05. The fourth-order valence-electron chi connectivity index (χ4n) is 3.36. The van der Waals surface area contributed by atoms with Crippen LogP contribution in [0.4, 0.5) is 0 Å². The Morgan fingerprint density at radius 1 is 1.00 bits per heavy atom. The van der Waals surface area contributed by atoms with E-state index >= 15 is 0 Å². The molecule has 3 heteroatoms. The second-order valence-corrected chi connectivity index (χ2v) is 7.39. The molecule has 0 spiro atoms. The maximum Gasteiger partial charge on any atom is 0.0451 e. The molecule has 0 bridgehead atoms. The molecule has 1 aromatic heterocycles. The van der Waals surface area contributed by atoms with Crippen molar-refractivity contribution in [3.05, 3.63) is 92.6 Å². The average molecular weight is 340 g/mol. The standard InChI is InChI=1S/C20H18ClNS/c21-19-9-5-4-8-16(19)12-22-13-17-10-11-23-20(17)18(14-22)15-6-2-1-3-7-15/h1-11,18H,12-14H2. The van der Waals surface area contributed by atoms with Crippen LogP contribution in [0.3, 0.4) is 0 Å². The van der Waals surface area contributed by atoms with Crippen LogP contribution in [0.5, 0.6) is 0 Å². The van der Waals surface area contributed by atoms with E-state index in [4.69, 9.17) is 11.6 Å². The number of hydrogen-bond donors (Lipinski definition) is 0. The fraction of sp³-hybridized carbons (Fsp3) is 0.200. The summed E-state index contributed by atoms with van der Waals surface area (Å²) in [6.45, 7) is 2.95. The summed E-state index contributed by atoms with van der Waals surface area (Å²) >= 11 is 8.24. The van der Waals surface area contributed by atoms with Crippen LogP contribution in [-0.4, -0.2) is 11.4 Å². The lowest BCUT2D eigenvalue weighted by Crippen LogP contribution is -2.32. The SMILES string of the molecule is Clc1ccccc1CN1Cc2ccsc2C(c2ccccc2)C1. The minimum absolute atomic E-state index is 0.461. The number of benzene rings is 2. The van der Waals surface area contributed by atoms with Crippen LogP contribution in [0.1, 0.15) is 27.5 Å². The van der Waals surface area contributed by atoms with Gasteiger partial charge in [-0.2, -0.15) is 0 Å². The second-order valence-electron chi connectivity index (χ2n) is 6.03. The van der Waals surface area contributed by atoms with Crippen molar-refractivity contribution in [3.63, 3.8) is 0 Å². The molecule has 1 aliphatic heterocycles. The number of halogens is 1. The molecule has 4 rings (SSSR count). The van der Waals surface area contributed by atoms with Gasteiger partial charge < -0.3 is 0 Å². The highest BCUT2D eigenvalue weighted by Gasteiger charge is 2.27. The van der Waals surface area contributed by atoms with Gasteiger partial charge in [-0.05, 0) is 34.2 Å². The highest BCUT2D eigenvalue weighted by molar-refractivity contribution is 7.10. The van der Waals surface area contributed by atoms with E-state index in [0.29, 0.717) is 5.92 Å². The number of rotatable bonds is 3. The van der Waals surface area contributed by atoms with Gasteiger partial charge in [-0.25, -0.2) is 0 Å². The molecule has 3 aromatic rings. The summed E-state index contributed by atoms with van der Waals surface area (Å²) in [7, 11) is 0. The normalized spacial score (nSPS) is 17.9. The molecule has 0 amide bonds. The largest absolute Gasteiger partial charge is 0.294 e. The van der Waals surface area contributed by atoms with E-state index in [-0.39, 0.29) is 0 Å². The van der Waals surface area contributed by atoms with Gasteiger partial charge in [0.25, 0.3) is 0 Å². The van der Waals surface area contributed by atoms with Crippen molar-refractivity contribution in [2.75, 3.05) is 6.54 Å². The van der Waals surface area contributed by atoms with E-state index < -0.39 is 0 Å². The molecule has 1 unspecified atom stereocenters. The summed E-state index contributed by atoms with van der Waals surface area (Å²) in [6, 6.07) is 21.3. The van der Waals surface area contributed by atoms with Gasteiger partial charge in [0.1, 0.15) is 0 Å². The fourth-order valence-corrected chi connectivity index (χ4v) is 4.59. The van der Waals surface area contributed by atoms with E-state index in [1.807, 2.05) is 23.5 Å². The first-order valence-corrected chi connectivity index (χ1v) is 9.14. The Kier molecular flexibility index (Phi) is 4.21. The van der Waals surface area contributed by atoms with Gasteiger partial charge in [0.2, 0.25) is 0 Å². The van der Waals surface area contributed by atoms with Crippen LogP contribution in [-0.2, 0) is 13.1 Å². The zero-order chi connectivity index (χ0) is 15.6. The molecule has 116 valence electrons. The van der Waals surface area contributed by atoms with E-state index in [0.717, 1.165) is 24.7 Å². The highest BCUT2D eigenvalue weighted by Crippen LogP contribution is 2.37. The lowest BCUT2D eigenvalue weighted by atomic mass is 9.91. The molecule has 1 nitrogen and oxygen atoms in total. The third kappa shape index (κ3) is 3.07. The topological polar surface area (TPSA) is 3.24 Å². The van der Waals surface area contributed by atoms with Gasteiger partial charge >= 0.3 is 0 Å². The number of fused-ring (bicyclic) bond motifs is 1. The van der Waals surface area contributed by atoms with Gasteiger partial charge in [-0.3, -0.25) is 4.90 Å². The summed E-state index contributed by atoms with van der Waals surface area (Å²) in [5, 5.41) is 3.08. The smallest absolute Gasteiger partial charge is 0.0451 e. The molecular weight excluding hydrogens is 322 g/mol. The first kappa shape index (κ1) is 14.9. The van der Waals surface area contributed by atoms with Gasteiger partial charge in [0.05, 0.1) is 0 Å². The van der Waals surface area contributed by atoms with Gasteiger partial charge in [-0.1, -0.05) is 60.1 Å². The van der Waals surface area contributed by atoms with Crippen LogP contribution in [0.15, 0.2) is 66.0 Å². The Morgan fingerprint density at radius 2 is 1.78 bits per heavy atom. The van der Waals surface area contributed by atoms with E-state index in [1.165, 1.54) is 21.6 Å². The van der Waals surface area contributed by atoms with Crippen molar-refractivity contribution in [1.82, 2.24) is 4.90 Å². The zero-order valence-electron chi connectivity index (χ0n) is 12.8. The highest BCUT2D eigenvalue weighted by atomic mass is 35.5. The van der Waals surface area contributed by atoms with Crippen LogP contribution in [0.25, 0.3) is 0 Å². The molecule has 2 aromatic carbocycles. The molecule has 0 saturated heterocycles. The monoisotopic (exact) mass is 339 g/mol. The molecular formula is C20H18ClNS. The first-order chi connectivity index (χ1) is 11.3. The maximum absolute atomic E-state index is 6.35. The Balaban J connectivity index is 1.64. The summed E-state index contributed by atoms with van der Waals surface area (Å²) in [4.78, 5) is 4.03. The number of thiophene rings is 1. The van der Waals surface area contributed by atoms with E-state index in [2.05, 4.69) is 58.8 Å². The molecule has 2 heterocycles. The van der Waals surface area contributed by atoms with Crippen LogP contribution >= 0.6 is 22.9 Å². The van der Waals surface area contributed by atoms with Crippen molar-refractivity contribution < 1.29 is 0 Å². The molecule has 1 atom stereocenters. The lowest BCUT2D eigenvalue weighted by Gasteiger charge is -2.33. The van der Waals surface area contributed by atoms with E-state index in [9.17, 15) is 0 Å². The molecule has 0 radical (unpaired) electrons. The Morgan fingerprint density at radius 3 is 2.61 bits per heavy atom. The first-order valence-electron chi connectivity index (χ1n) is 7.88. The summed E-state index contributed by atoms with van der Waals surface area (Å²) in [5.41, 5.74) is 4.07. The Bertz CT molecular complexity index is 796. The van der Waals surface area contributed by atoms with Gasteiger partial charge in [0.15, 0.2) is 0 Å². The van der Waals surface area contributed by atoms with Crippen LogP contribution in [0, 0.1) is 0 Å². The van der Waals surface area contributed by atoms with Crippen LogP contribution in [0.2, 0.25) is 5.02 Å². The summed E-state index contributed by atoms with van der Waals surface area (Å²) < 4.78 is 0. The van der Waals surface area contributed by atoms with Gasteiger partial charge in [-0.15, -0.1) is 11.3 Å². The molecule has 0 fully saturated rings.